The second-order valence-electron chi connectivity index (χ2n) is 0. The Morgan fingerprint density at radius 2 is 0.667 bits per heavy atom. The maximum atomic E-state index is 0. The Balaban J connectivity index is 0. The first kappa shape index (κ1) is 69.8. The molecule has 0 aromatic heterocycles. The molecular formula is HfO3YZr+5. The molecule has 0 fully saturated rings. The molecule has 0 N–H and O–H groups in total. The summed E-state index contributed by atoms with van der Waals surface area (Å²) in [6, 6.07) is 0. The van der Waals surface area contributed by atoms with E-state index in [0.29, 0.717) is 0 Å². The summed E-state index contributed by atoms with van der Waals surface area (Å²) < 4.78 is 0. The molecule has 0 aromatic rings. The van der Waals surface area contributed by atoms with Gasteiger partial charge in [-0.15, -0.1) is 0 Å². The number of hydrogen-bond donors (Lipinski definition) is 0. The first-order valence-electron chi connectivity index (χ1n) is 0. The maximum Gasteiger partial charge on any atom is 4.00 e. The fourth-order valence-corrected chi connectivity index (χ4v) is 0. The van der Waals surface area contributed by atoms with Gasteiger partial charge in [-0.3, -0.25) is 0 Å². The van der Waals surface area contributed by atoms with Gasteiger partial charge in [-0.25, -0.2) is 0 Å². The van der Waals surface area contributed by atoms with Crippen molar-refractivity contribution < 1.29 is 101 Å². The largest absolute Gasteiger partial charge is 4.00 e. The van der Waals surface area contributed by atoms with Gasteiger partial charge >= 0.3 is 84.8 Å². The molecule has 0 aliphatic rings. The molecule has 0 saturated carbocycles. The van der Waals surface area contributed by atoms with Crippen LogP contribution < -0.4 is 0 Å². The van der Waals surface area contributed by atoms with Crippen molar-refractivity contribution >= 4 is 0 Å². The molecule has 6 heteroatoms. The Morgan fingerprint density at radius 3 is 0.667 bits per heavy atom. The summed E-state index contributed by atoms with van der Waals surface area (Å²) in [6.45, 7) is 0. The zero-order chi connectivity index (χ0) is 0. The van der Waals surface area contributed by atoms with Gasteiger partial charge in [0.1, 0.15) is 0 Å². The van der Waals surface area contributed by atoms with Gasteiger partial charge in [-0.05, 0) is 0 Å². The quantitative estimate of drug-likeness (QED) is 0.492. The topological polar surface area (TPSA) is 85.5 Å². The zero-order valence-corrected chi connectivity index (χ0v) is 11.7. The van der Waals surface area contributed by atoms with Crippen LogP contribution in [0.1, 0.15) is 0 Å². The summed E-state index contributed by atoms with van der Waals surface area (Å²) in [6.07, 6.45) is 0. The van der Waals surface area contributed by atoms with Crippen molar-refractivity contribution in [3.8, 4) is 0 Å². The number of rotatable bonds is 0. The van der Waals surface area contributed by atoms with Crippen molar-refractivity contribution in [1.82, 2.24) is 0 Å². The predicted octanol–water partition coefficient (Wildman–Crippen LogP) is -0.364. The van der Waals surface area contributed by atoms with Crippen LogP contribution in [0.15, 0.2) is 0 Å². The average molecular weight is 407 g/mol. The third-order valence-corrected chi connectivity index (χ3v) is 0. The Hall–Kier alpha value is 2.74. The van der Waals surface area contributed by atoms with Crippen molar-refractivity contribution in [2.24, 2.45) is 0 Å². The SMILES string of the molecule is [Hf+4].[O-2].[O-2].[O-2].[Y+3].[Zr+4]. The Bertz CT molecular complexity index is 10.8. The monoisotopic (exact) mass is 407 g/mol. The van der Waals surface area contributed by atoms with E-state index in [9.17, 15) is 0 Å². The van der Waals surface area contributed by atoms with Crippen LogP contribution in [0, 0.1) is 0 Å². The third-order valence-electron chi connectivity index (χ3n) is 0. The summed E-state index contributed by atoms with van der Waals surface area (Å²) in [5.74, 6) is 0. The molecule has 0 rings (SSSR count). The summed E-state index contributed by atoms with van der Waals surface area (Å²) in [5.41, 5.74) is 0. The molecule has 0 radical (unpaired) electrons. The summed E-state index contributed by atoms with van der Waals surface area (Å²) in [4.78, 5) is 0. The van der Waals surface area contributed by atoms with Gasteiger partial charge in [-0.1, -0.05) is 0 Å². The maximum absolute atomic E-state index is 0. The molecule has 0 amide bonds. The minimum Gasteiger partial charge on any atom is -2.00 e. The molecule has 0 bridgehead atoms. The van der Waals surface area contributed by atoms with Gasteiger partial charge < -0.3 is 16.4 Å². The van der Waals surface area contributed by atoms with E-state index in [1.165, 1.54) is 0 Å². The second-order valence-corrected chi connectivity index (χ2v) is 0. The molecule has 0 heterocycles. The van der Waals surface area contributed by atoms with E-state index in [1.807, 2.05) is 0 Å². The Kier molecular flexibility index (Phi) is 545. The molecule has 0 spiro atoms. The van der Waals surface area contributed by atoms with E-state index in [4.69, 9.17) is 0 Å². The Morgan fingerprint density at radius 1 is 0.667 bits per heavy atom. The van der Waals surface area contributed by atoms with E-state index in [-0.39, 0.29) is 101 Å². The van der Waals surface area contributed by atoms with Crippen molar-refractivity contribution in [2.45, 2.75) is 0 Å². The van der Waals surface area contributed by atoms with Crippen LogP contribution in [-0.2, 0) is 101 Å². The molecule has 3 nitrogen and oxygen atoms in total. The van der Waals surface area contributed by atoms with Crippen LogP contribution in [0.2, 0.25) is 0 Å². The van der Waals surface area contributed by atoms with Gasteiger partial charge in [0, 0.05) is 0 Å². The number of hydrogen-bond acceptors (Lipinski definition) is 0. The van der Waals surface area contributed by atoms with Crippen molar-refractivity contribution in [2.75, 3.05) is 0 Å². The minimum atomic E-state index is 0. The third kappa shape index (κ3) is 29.6. The van der Waals surface area contributed by atoms with E-state index in [0.717, 1.165) is 0 Å². The smallest absolute Gasteiger partial charge is 2.00 e. The van der Waals surface area contributed by atoms with Gasteiger partial charge in [0.25, 0.3) is 0 Å². The van der Waals surface area contributed by atoms with Crippen LogP contribution in [0.5, 0.6) is 0 Å². The average Bonchev–Trinajstić information content (AvgIpc) is 0. The van der Waals surface area contributed by atoms with E-state index in [2.05, 4.69) is 0 Å². The molecule has 0 atom stereocenters. The van der Waals surface area contributed by atoms with Gasteiger partial charge in [0.2, 0.25) is 0 Å². The van der Waals surface area contributed by atoms with Gasteiger partial charge in [-0.2, -0.15) is 0 Å². The minimum absolute atomic E-state index is 0. The second kappa shape index (κ2) is 46.9. The molecule has 0 saturated heterocycles. The van der Waals surface area contributed by atoms with Crippen molar-refractivity contribution in [3.63, 3.8) is 0 Å². The molecule has 0 aromatic carbocycles. The summed E-state index contributed by atoms with van der Waals surface area (Å²) >= 11 is 0. The fraction of sp³-hybridized carbons (Fsp3) is 0. The van der Waals surface area contributed by atoms with Crippen LogP contribution in [0.25, 0.3) is 0 Å². The molecule has 0 unspecified atom stereocenters. The normalized spacial score (nSPS) is 0. The van der Waals surface area contributed by atoms with Gasteiger partial charge in [0.05, 0.1) is 0 Å². The molecule has 24 valence electrons. The molecule has 0 aliphatic carbocycles. The van der Waals surface area contributed by atoms with E-state index < -0.39 is 0 Å². The summed E-state index contributed by atoms with van der Waals surface area (Å²) in [5, 5.41) is 0. The van der Waals surface area contributed by atoms with Gasteiger partial charge in [0.15, 0.2) is 0 Å². The molecule has 6 heavy (non-hydrogen) atoms. The van der Waals surface area contributed by atoms with Crippen LogP contribution in [-0.4, -0.2) is 0 Å². The molecule has 0 aliphatic heterocycles. The Labute approximate surface area is 99.4 Å². The fourth-order valence-electron chi connectivity index (χ4n) is 0. The summed E-state index contributed by atoms with van der Waals surface area (Å²) in [7, 11) is 0. The zero-order valence-electron chi connectivity index (χ0n) is 2.80. The van der Waals surface area contributed by atoms with Crippen molar-refractivity contribution in [1.29, 1.82) is 0 Å². The predicted molar refractivity (Wildman–Crippen MR) is 2.06 cm³/mol. The van der Waals surface area contributed by atoms with E-state index in [1.54, 1.807) is 0 Å². The first-order chi connectivity index (χ1) is 0. The first-order valence-corrected chi connectivity index (χ1v) is 0. The molecular weight excluding hydrogens is 407 g/mol. The van der Waals surface area contributed by atoms with Crippen LogP contribution >= 0.6 is 0 Å². The van der Waals surface area contributed by atoms with Crippen molar-refractivity contribution in [3.05, 3.63) is 0 Å². The van der Waals surface area contributed by atoms with E-state index >= 15 is 0 Å². The van der Waals surface area contributed by atoms with Crippen LogP contribution in [0.4, 0.5) is 0 Å². The van der Waals surface area contributed by atoms with Crippen LogP contribution in [0.3, 0.4) is 0 Å². The standard InChI is InChI=1S/Hf.3O.Y.Zr/q+4;3*-2;+3;+4.